The molecule has 2 heterocycles. The standard InChI is InChI=1S/C25H31N3O4S/c1-16-5-6-17(2)23(13-16)26-25(30)20-9-11-27(12-10-20)33(31,32)22-7-8-24-21(15-22)14-18(3)28(24)19(4)29/h5-8,13,15,18,20H,9-12,14H2,1-4H3,(H,26,30). The van der Waals surface area contributed by atoms with Gasteiger partial charge in [0.25, 0.3) is 0 Å². The van der Waals surface area contributed by atoms with Crippen molar-refractivity contribution in [3.8, 4) is 0 Å². The van der Waals surface area contributed by atoms with Crippen molar-refractivity contribution in [1.82, 2.24) is 4.31 Å². The number of carbonyl (C=O) groups excluding carboxylic acids is 2. The van der Waals surface area contributed by atoms with Crippen molar-refractivity contribution < 1.29 is 18.0 Å². The van der Waals surface area contributed by atoms with Gasteiger partial charge in [0.15, 0.2) is 0 Å². The summed E-state index contributed by atoms with van der Waals surface area (Å²) in [5.74, 6) is -0.323. The average Bonchev–Trinajstić information content (AvgIpc) is 3.11. The fourth-order valence-corrected chi connectivity index (χ4v) is 6.38. The predicted octanol–water partition coefficient (Wildman–Crippen LogP) is 3.64. The lowest BCUT2D eigenvalue weighted by Crippen LogP contribution is -2.41. The Morgan fingerprint density at radius 1 is 1.03 bits per heavy atom. The molecule has 2 aliphatic rings. The van der Waals surface area contributed by atoms with Gasteiger partial charge < -0.3 is 10.2 Å². The Kier molecular flexibility index (Phi) is 6.33. The number of piperidine rings is 1. The number of hydrogen-bond donors (Lipinski definition) is 1. The van der Waals surface area contributed by atoms with Gasteiger partial charge in [0.1, 0.15) is 0 Å². The third kappa shape index (κ3) is 4.54. The van der Waals surface area contributed by atoms with Crippen molar-refractivity contribution >= 4 is 33.2 Å². The van der Waals surface area contributed by atoms with Crippen LogP contribution in [0, 0.1) is 19.8 Å². The zero-order valence-corrected chi connectivity index (χ0v) is 20.4. The largest absolute Gasteiger partial charge is 0.326 e. The van der Waals surface area contributed by atoms with Crippen LogP contribution >= 0.6 is 0 Å². The third-order valence-corrected chi connectivity index (χ3v) is 8.61. The van der Waals surface area contributed by atoms with E-state index in [2.05, 4.69) is 5.32 Å². The highest BCUT2D eigenvalue weighted by atomic mass is 32.2. The molecule has 2 amide bonds. The predicted molar refractivity (Wildman–Crippen MR) is 129 cm³/mol. The number of nitrogens with zero attached hydrogens (tertiary/aromatic N) is 2. The molecule has 0 aromatic heterocycles. The normalized spacial score (nSPS) is 19.4. The fraction of sp³-hybridized carbons (Fsp3) is 0.440. The summed E-state index contributed by atoms with van der Waals surface area (Å²) in [4.78, 5) is 26.7. The minimum atomic E-state index is -3.66. The number of benzene rings is 2. The summed E-state index contributed by atoms with van der Waals surface area (Å²) >= 11 is 0. The van der Waals surface area contributed by atoms with Gasteiger partial charge in [0, 0.05) is 43.3 Å². The number of rotatable bonds is 4. The molecule has 8 heteroatoms. The van der Waals surface area contributed by atoms with Crippen molar-refractivity contribution in [2.45, 2.75) is 57.9 Å². The molecule has 1 fully saturated rings. The minimum absolute atomic E-state index is 0.0155. The van der Waals surface area contributed by atoms with Gasteiger partial charge in [-0.25, -0.2) is 8.42 Å². The van der Waals surface area contributed by atoms with Gasteiger partial charge in [0.2, 0.25) is 21.8 Å². The molecule has 0 bridgehead atoms. The molecule has 176 valence electrons. The lowest BCUT2D eigenvalue weighted by Gasteiger charge is -2.30. The second-order valence-electron chi connectivity index (χ2n) is 9.22. The highest BCUT2D eigenvalue weighted by molar-refractivity contribution is 7.89. The molecule has 0 saturated carbocycles. The molecule has 2 aliphatic heterocycles. The Balaban J connectivity index is 1.43. The molecule has 0 aliphatic carbocycles. The lowest BCUT2D eigenvalue weighted by atomic mass is 9.97. The summed E-state index contributed by atoms with van der Waals surface area (Å²) in [7, 11) is -3.66. The molecule has 7 nitrogen and oxygen atoms in total. The Labute approximate surface area is 195 Å². The molecule has 4 rings (SSSR count). The van der Waals surface area contributed by atoms with Crippen molar-refractivity contribution in [3.05, 3.63) is 53.1 Å². The maximum absolute atomic E-state index is 13.3. The van der Waals surface area contributed by atoms with E-state index in [1.807, 2.05) is 39.0 Å². The number of amides is 2. The molecule has 1 saturated heterocycles. The Morgan fingerprint density at radius 2 is 1.73 bits per heavy atom. The molecular weight excluding hydrogens is 438 g/mol. The van der Waals surface area contributed by atoms with E-state index >= 15 is 0 Å². The van der Waals surface area contributed by atoms with Crippen LogP contribution < -0.4 is 10.2 Å². The maximum Gasteiger partial charge on any atom is 0.243 e. The molecular formula is C25H31N3O4S. The van der Waals surface area contributed by atoms with E-state index in [0.29, 0.717) is 32.4 Å². The van der Waals surface area contributed by atoms with Crippen LogP contribution in [0.2, 0.25) is 0 Å². The summed E-state index contributed by atoms with van der Waals surface area (Å²) in [5, 5.41) is 3.01. The molecule has 1 atom stereocenters. The summed E-state index contributed by atoms with van der Waals surface area (Å²) in [6.45, 7) is 8.04. The van der Waals surface area contributed by atoms with Crippen LogP contribution in [0.1, 0.15) is 43.4 Å². The molecule has 1 N–H and O–H groups in total. The summed E-state index contributed by atoms with van der Waals surface area (Å²) in [6.07, 6.45) is 1.60. The number of sulfonamides is 1. The van der Waals surface area contributed by atoms with Crippen LogP contribution in [-0.2, 0) is 26.0 Å². The zero-order valence-electron chi connectivity index (χ0n) is 19.6. The van der Waals surface area contributed by atoms with E-state index in [1.54, 1.807) is 23.1 Å². The van der Waals surface area contributed by atoms with Crippen LogP contribution in [0.25, 0.3) is 0 Å². The average molecular weight is 470 g/mol. The van der Waals surface area contributed by atoms with Crippen molar-refractivity contribution in [2.24, 2.45) is 5.92 Å². The highest BCUT2D eigenvalue weighted by Gasteiger charge is 2.34. The quantitative estimate of drug-likeness (QED) is 0.741. The SMILES string of the molecule is CC(=O)N1c2ccc(S(=O)(=O)N3CCC(C(=O)Nc4cc(C)ccc4C)CC3)cc2CC1C. The number of aryl methyl sites for hydroxylation is 2. The van der Waals surface area contributed by atoms with E-state index in [1.165, 1.54) is 11.2 Å². The summed E-state index contributed by atoms with van der Waals surface area (Å²) in [5.41, 5.74) is 4.55. The molecule has 2 aromatic rings. The monoisotopic (exact) mass is 469 g/mol. The topological polar surface area (TPSA) is 86.8 Å². The first kappa shape index (κ1) is 23.4. The number of carbonyl (C=O) groups is 2. The Hall–Kier alpha value is -2.71. The third-order valence-electron chi connectivity index (χ3n) is 6.72. The summed E-state index contributed by atoms with van der Waals surface area (Å²) < 4.78 is 28.0. The first-order valence-corrected chi connectivity index (χ1v) is 12.8. The number of hydrogen-bond acceptors (Lipinski definition) is 4. The molecule has 0 radical (unpaired) electrons. The van der Waals surface area contributed by atoms with Crippen molar-refractivity contribution in [2.75, 3.05) is 23.3 Å². The highest BCUT2D eigenvalue weighted by Crippen LogP contribution is 2.35. The number of anilines is 2. The van der Waals surface area contributed by atoms with E-state index in [-0.39, 0.29) is 28.7 Å². The van der Waals surface area contributed by atoms with E-state index < -0.39 is 10.0 Å². The molecule has 33 heavy (non-hydrogen) atoms. The van der Waals surface area contributed by atoms with E-state index in [9.17, 15) is 18.0 Å². The van der Waals surface area contributed by atoms with Crippen molar-refractivity contribution in [3.63, 3.8) is 0 Å². The van der Waals surface area contributed by atoms with E-state index in [0.717, 1.165) is 28.1 Å². The Bertz CT molecular complexity index is 1200. The van der Waals surface area contributed by atoms with Gasteiger partial charge in [-0.1, -0.05) is 12.1 Å². The van der Waals surface area contributed by atoms with Crippen LogP contribution in [0.15, 0.2) is 41.3 Å². The minimum Gasteiger partial charge on any atom is -0.326 e. The van der Waals surface area contributed by atoms with Gasteiger partial charge in [-0.05, 0) is 81.0 Å². The number of fused-ring (bicyclic) bond motifs is 1. The van der Waals surface area contributed by atoms with Crippen LogP contribution in [-0.4, -0.2) is 43.7 Å². The van der Waals surface area contributed by atoms with Gasteiger partial charge in [0.05, 0.1) is 4.90 Å². The Morgan fingerprint density at radius 3 is 2.39 bits per heavy atom. The van der Waals surface area contributed by atoms with Gasteiger partial charge in [-0.3, -0.25) is 9.59 Å². The smallest absolute Gasteiger partial charge is 0.243 e. The van der Waals surface area contributed by atoms with E-state index in [4.69, 9.17) is 0 Å². The zero-order chi connectivity index (χ0) is 23.9. The number of nitrogens with one attached hydrogen (secondary N) is 1. The van der Waals surface area contributed by atoms with Crippen LogP contribution in [0.5, 0.6) is 0 Å². The second kappa shape index (κ2) is 8.91. The second-order valence-corrected chi connectivity index (χ2v) is 11.2. The fourth-order valence-electron chi connectivity index (χ4n) is 4.86. The molecule has 1 unspecified atom stereocenters. The van der Waals surface area contributed by atoms with Gasteiger partial charge in [-0.15, -0.1) is 0 Å². The molecule has 0 spiro atoms. The van der Waals surface area contributed by atoms with Crippen LogP contribution in [0.4, 0.5) is 11.4 Å². The van der Waals surface area contributed by atoms with Gasteiger partial charge in [-0.2, -0.15) is 4.31 Å². The lowest BCUT2D eigenvalue weighted by molar-refractivity contribution is -0.121. The summed E-state index contributed by atoms with van der Waals surface area (Å²) in [6, 6.07) is 11.0. The van der Waals surface area contributed by atoms with Crippen molar-refractivity contribution in [1.29, 1.82) is 0 Å². The first-order valence-electron chi connectivity index (χ1n) is 11.4. The van der Waals surface area contributed by atoms with Gasteiger partial charge >= 0.3 is 0 Å². The molecule has 2 aromatic carbocycles. The van der Waals surface area contributed by atoms with Crippen LogP contribution in [0.3, 0.4) is 0 Å². The maximum atomic E-state index is 13.3. The first-order chi connectivity index (χ1) is 15.6.